The highest BCUT2D eigenvalue weighted by atomic mass is 16.5. The largest absolute Gasteiger partial charge is 0.494 e. The summed E-state index contributed by atoms with van der Waals surface area (Å²) in [7, 11) is 0. The van der Waals surface area contributed by atoms with Crippen molar-refractivity contribution in [2.24, 2.45) is 5.92 Å². The Labute approximate surface area is 295 Å². The van der Waals surface area contributed by atoms with Crippen molar-refractivity contribution in [3.63, 3.8) is 0 Å². The van der Waals surface area contributed by atoms with Crippen LogP contribution in [0.25, 0.3) is 22.5 Å². The summed E-state index contributed by atoms with van der Waals surface area (Å²) < 4.78 is 5.89. The minimum absolute atomic E-state index is 0.132. The van der Waals surface area contributed by atoms with E-state index in [1.807, 2.05) is 60.7 Å². The van der Waals surface area contributed by atoms with Gasteiger partial charge in [-0.15, -0.1) is 0 Å². The van der Waals surface area contributed by atoms with Crippen LogP contribution in [0.2, 0.25) is 0 Å². The molecule has 1 aliphatic rings. The quantitative estimate of drug-likeness (QED) is 0.118. The zero-order valence-electron chi connectivity index (χ0n) is 29.3. The van der Waals surface area contributed by atoms with E-state index >= 15 is 0 Å². The molecule has 4 aromatic rings. The molecule has 5 rings (SSSR count). The molecule has 0 saturated carbocycles. The molecule has 0 unspecified atom stereocenters. The number of nitrogens with one attached hydrogen (secondary N) is 1. The Bertz CT molecular complexity index is 1700. The van der Waals surface area contributed by atoms with Crippen molar-refractivity contribution in [1.82, 2.24) is 20.2 Å². The van der Waals surface area contributed by atoms with Gasteiger partial charge in [-0.2, -0.15) is 0 Å². The fourth-order valence-corrected chi connectivity index (χ4v) is 6.13. The van der Waals surface area contributed by atoms with Crippen LogP contribution in [0.3, 0.4) is 0 Å². The van der Waals surface area contributed by atoms with Crippen LogP contribution in [0.15, 0.2) is 85.2 Å². The van der Waals surface area contributed by atoms with E-state index < -0.39 is 17.9 Å². The number of carboxylic acid groups (broad SMARTS) is 1. The summed E-state index contributed by atoms with van der Waals surface area (Å²) in [6.07, 6.45) is 10.3. The lowest BCUT2D eigenvalue weighted by molar-refractivity contribution is -0.141. The van der Waals surface area contributed by atoms with E-state index in [-0.39, 0.29) is 24.8 Å². The maximum absolute atomic E-state index is 13.7. The summed E-state index contributed by atoms with van der Waals surface area (Å²) in [4.78, 5) is 49.3. The van der Waals surface area contributed by atoms with E-state index in [4.69, 9.17) is 4.74 Å². The van der Waals surface area contributed by atoms with Gasteiger partial charge in [0.1, 0.15) is 11.8 Å². The number of nitrogens with zero attached hydrogens (tertiary/aromatic N) is 3. The van der Waals surface area contributed by atoms with Crippen molar-refractivity contribution in [2.45, 2.75) is 77.7 Å². The number of carbonyl (C=O) groups is 3. The molecule has 9 nitrogen and oxygen atoms in total. The first-order valence-electron chi connectivity index (χ1n) is 17.8. The van der Waals surface area contributed by atoms with Gasteiger partial charge in [0.25, 0.3) is 5.91 Å². The van der Waals surface area contributed by atoms with Gasteiger partial charge in [-0.25, -0.2) is 9.97 Å². The Morgan fingerprint density at radius 2 is 1.52 bits per heavy atom. The molecule has 50 heavy (non-hydrogen) atoms. The second kappa shape index (κ2) is 17.6. The Morgan fingerprint density at radius 3 is 2.14 bits per heavy atom. The van der Waals surface area contributed by atoms with Crippen LogP contribution >= 0.6 is 0 Å². The number of hydrogen-bond donors (Lipinski definition) is 2. The van der Waals surface area contributed by atoms with Gasteiger partial charge in [0.2, 0.25) is 5.91 Å². The highest BCUT2D eigenvalue weighted by Crippen LogP contribution is 2.25. The van der Waals surface area contributed by atoms with Crippen molar-refractivity contribution in [2.75, 3.05) is 19.7 Å². The van der Waals surface area contributed by atoms with E-state index in [0.29, 0.717) is 30.3 Å². The lowest BCUT2D eigenvalue weighted by Crippen LogP contribution is -2.49. The number of carboxylic acids is 1. The zero-order valence-corrected chi connectivity index (χ0v) is 29.3. The molecule has 1 aromatic heterocycles. The van der Waals surface area contributed by atoms with Crippen LogP contribution in [0.5, 0.6) is 5.75 Å². The summed E-state index contributed by atoms with van der Waals surface area (Å²) in [5.41, 5.74) is 5.15. The molecule has 1 fully saturated rings. The van der Waals surface area contributed by atoms with Gasteiger partial charge in [-0.1, -0.05) is 95.0 Å². The number of likely N-dealkylation sites (tertiary alicyclic amines) is 1. The van der Waals surface area contributed by atoms with Crippen LogP contribution in [0.4, 0.5) is 0 Å². The Morgan fingerprint density at radius 1 is 0.860 bits per heavy atom. The number of carbonyl (C=O) groups excluding carboxylic acids is 2. The van der Waals surface area contributed by atoms with Gasteiger partial charge in [-0.05, 0) is 59.7 Å². The second-order valence-electron chi connectivity index (χ2n) is 13.4. The van der Waals surface area contributed by atoms with E-state index in [1.165, 1.54) is 25.7 Å². The molecule has 2 amide bonds. The first-order chi connectivity index (χ1) is 24.2. The number of unbranched alkanes of at least 4 members (excludes halogenated alkanes) is 4. The van der Waals surface area contributed by atoms with Gasteiger partial charge in [0.05, 0.1) is 12.5 Å². The molecule has 0 spiro atoms. The van der Waals surface area contributed by atoms with Crippen LogP contribution in [-0.2, 0) is 16.0 Å². The van der Waals surface area contributed by atoms with E-state index in [0.717, 1.165) is 46.6 Å². The number of benzene rings is 3. The number of hydrogen-bond acceptors (Lipinski definition) is 6. The van der Waals surface area contributed by atoms with Crippen molar-refractivity contribution in [3.05, 3.63) is 102 Å². The summed E-state index contributed by atoms with van der Waals surface area (Å²) in [6, 6.07) is 22.1. The molecule has 2 atom stereocenters. The van der Waals surface area contributed by atoms with Gasteiger partial charge in [0.15, 0.2) is 5.82 Å². The molecular formula is C41H48N4O5. The van der Waals surface area contributed by atoms with Crippen LogP contribution < -0.4 is 10.1 Å². The number of aromatic nitrogens is 2. The molecule has 9 heteroatoms. The predicted molar refractivity (Wildman–Crippen MR) is 195 cm³/mol. The average molecular weight is 677 g/mol. The summed E-state index contributed by atoms with van der Waals surface area (Å²) >= 11 is 0. The zero-order chi connectivity index (χ0) is 35.5. The molecule has 1 saturated heterocycles. The van der Waals surface area contributed by atoms with Crippen molar-refractivity contribution >= 4 is 17.8 Å². The lowest BCUT2D eigenvalue weighted by Gasteiger charge is -2.24. The third kappa shape index (κ3) is 9.77. The number of aliphatic carboxylic acids is 1. The molecule has 3 aromatic carbocycles. The number of rotatable bonds is 16. The summed E-state index contributed by atoms with van der Waals surface area (Å²) in [5, 5.41) is 12.4. The summed E-state index contributed by atoms with van der Waals surface area (Å²) in [5.74, 6) is -0.390. The molecule has 2 heterocycles. The maximum atomic E-state index is 13.7. The van der Waals surface area contributed by atoms with Crippen LogP contribution in [0.1, 0.15) is 86.7 Å². The topological polar surface area (TPSA) is 122 Å². The smallest absolute Gasteiger partial charge is 0.308 e. The maximum Gasteiger partial charge on any atom is 0.308 e. The molecule has 2 N–H and O–H groups in total. The van der Waals surface area contributed by atoms with Crippen molar-refractivity contribution < 1.29 is 24.2 Å². The monoisotopic (exact) mass is 676 g/mol. The van der Waals surface area contributed by atoms with Crippen molar-refractivity contribution in [1.29, 1.82) is 0 Å². The van der Waals surface area contributed by atoms with E-state index in [1.54, 1.807) is 29.4 Å². The SMILES string of the molecule is CCCCCCCOc1ccc(-c2cnc(-c3ccc(C[C@H](NC(=O)c4ccc(C(C)C)cc4)C(=O)N4CC[C@H](C(=O)O)C4)cc3)nc2)cc1. The normalized spacial score (nSPS) is 14.8. The number of amides is 2. The average Bonchev–Trinajstić information content (AvgIpc) is 3.64. The van der Waals surface area contributed by atoms with Crippen LogP contribution in [-0.4, -0.2) is 63.5 Å². The van der Waals surface area contributed by atoms with Gasteiger partial charge in [-0.3, -0.25) is 14.4 Å². The molecule has 1 aliphatic heterocycles. The third-order valence-electron chi connectivity index (χ3n) is 9.30. The molecule has 0 radical (unpaired) electrons. The fraction of sp³-hybridized carbons (Fsp3) is 0.390. The van der Waals surface area contributed by atoms with E-state index in [9.17, 15) is 19.5 Å². The molecule has 0 aliphatic carbocycles. The minimum atomic E-state index is -0.914. The standard InChI is InChI=1S/C41H48N4O5/c1-4-5-6-7-8-23-50-36-19-17-31(18-20-36)35-25-42-38(43-26-35)32-11-9-29(10-12-32)24-37(40(47)45-22-21-34(27-45)41(48)49)44-39(46)33-15-13-30(14-16-33)28(2)3/h9-20,25-26,28,34,37H,4-8,21-24,27H2,1-3H3,(H,44,46)(H,48,49)/t34-,37-/m0/s1. The Hall–Kier alpha value is -5.05. The van der Waals surface area contributed by atoms with Gasteiger partial charge < -0.3 is 20.1 Å². The van der Waals surface area contributed by atoms with Crippen molar-refractivity contribution in [3.8, 4) is 28.3 Å². The molecule has 262 valence electrons. The fourth-order valence-electron chi connectivity index (χ4n) is 6.13. The first-order valence-corrected chi connectivity index (χ1v) is 17.8. The highest BCUT2D eigenvalue weighted by Gasteiger charge is 2.35. The third-order valence-corrected chi connectivity index (χ3v) is 9.30. The van der Waals surface area contributed by atoms with Gasteiger partial charge >= 0.3 is 5.97 Å². The minimum Gasteiger partial charge on any atom is -0.494 e. The first kappa shape index (κ1) is 36.2. The second-order valence-corrected chi connectivity index (χ2v) is 13.4. The van der Waals surface area contributed by atoms with Crippen LogP contribution in [0, 0.1) is 5.92 Å². The predicted octanol–water partition coefficient (Wildman–Crippen LogP) is 7.56. The summed E-state index contributed by atoms with van der Waals surface area (Å²) in [6.45, 7) is 7.59. The number of ether oxygens (including phenoxy) is 1. The molecule has 0 bridgehead atoms. The molecular weight excluding hydrogens is 628 g/mol. The lowest BCUT2D eigenvalue weighted by atomic mass is 10.0. The Balaban J connectivity index is 1.23. The Kier molecular flexibility index (Phi) is 12.7. The highest BCUT2D eigenvalue weighted by molar-refractivity contribution is 5.97. The van der Waals surface area contributed by atoms with Gasteiger partial charge in [0, 0.05) is 48.6 Å². The van der Waals surface area contributed by atoms with E-state index in [2.05, 4.69) is 36.1 Å².